The highest BCUT2D eigenvalue weighted by atomic mass is 16.5. The van der Waals surface area contributed by atoms with E-state index < -0.39 is 0 Å². The standard InChI is InChI=1S/C19H24N2O2/c1-3-14(2)17-6-4-5-7-18(17)23-13-19(22)21-16-10-8-15(12-20)9-11-16/h4-11,14H,3,12-13,20H2,1-2H3,(H,21,22). The Labute approximate surface area is 137 Å². The van der Waals surface area contributed by atoms with E-state index in [9.17, 15) is 4.79 Å². The van der Waals surface area contributed by atoms with Gasteiger partial charge in [-0.2, -0.15) is 0 Å². The summed E-state index contributed by atoms with van der Waals surface area (Å²) in [6.07, 6.45) is 1.03. The zero-order valence-corrected chi connectivity index (χ0v) is 13.7. The Morgan fingerprint density at radius 2 is 1.87 bits per heavy atom. The number of para-hydroxylation sites is 1. The van der Waals surface area contributed by atoms with Gasteiger partial charge < -0.3 is 15.8 Å². The first kappa shape index (κ1) is 17.0. The lowest BCUT2D eigenvalue weighted by atomic mass is 9.98. The van der Waals surface area contributed by atoms with Gasteiger partial charge >= 0.3 is 0 Å². The minimum Gasteiger partial charge on any atom is -0.483 e. The van der Waals surface area contributed by atoms with E-state index in [1.807, 2.05) is 48.5 Å². The van der Waals surface area contributed by atoms with Gasteiger partial charge in [0.25, 0.3) is 5.91 Å². The summed E-state index contributed by atoms with van der Waals surface area (Å²) in [7, 11) is 0. The van der Waals surface area contributed by atoms with Crippen LogP contribution in [0.2, 0.25) is 0 Å². The van der Waals surface area contributed by atoms with Crippen molar-refractivity contribution in [1.29, 1.82) is 0 Å². The highest BCUT2D eigenvalue weighted by Gasteiger charge is 2.11. The zero-order valence-electron chi connectivity index (χ0n) is 13.7. The van der Waals surface area contributed by atoms with Gasteiger partial charge in [-0.05, 0) is 41.7 Å². The van der Waals surface area contributed by atoms with E-state index in [2.05, 4.69) is 19.2 Å². The van der Waals surface area contributed by atoms with Gasteiger partial charge in [0.15, 0.2) is 6.61 Å². The molecule has 0 saturated carbocycles. The largest absolute Gasteiger partial charge is 0.483 e. The number of amides is 1. The summed E-state index contributed by atoms with van der Waals surface area (Å²) in [5, 5.41) is 2.82. The van der Waals surface area contributed by atoms with Crippen LogP contribution in [0.1, 0.15) is 37.3 Å². The van der Waals surface area contributed by atoms with Crippen LogP contribution in [0.4, 0.5) is 5.69 Å². The van der Waals surface area contributed by atoms with Crippen molar-refractivity contribution in [2.24, 2.45) is 5.73 Å². The Morgan fingerprint density at radius 1 is 1.17 bits per heavy atom. The molecule has 0 spiro atoms. The van der Waals surface area contributed by atoms with Gasteiger partial charge in [0, 0.05) is 12.2 Å². The van der Waals surface area contributed by atoms with Crippen molar-refractivity contribution in [3.63, 3.8) is 0 Å². The molecule has 1 atom stereocenters. The van der Waals surface area contributed by atoms with E-state index in [1.165, 1.54) is 0 Å². The summed E-state index contributed by atoms with van der Waals surface area (Å²) in [4.78, 5) is 12.0. The van der Waals surface area contributed by atoms with Crippen molar-refractivity contribution in [2.45, 2.75) is 32.7 Å². The van der Waals surface area contributed by atoms with Crippen LogP contribution in [0.15, 0.2) is 48.5 Å². The quantitative estimate of drug-likeness (QED) is 0.819. The third-order valence-corrected chi connectivity index (χ3v) is 3.89. The van der Waals surface area contributed by atoms with Crippen LogP contribution in [0.25, 0.3) is 0 Å². The van der Waals surface area contributed by atoms with Gasteiger partial charge in [0.1, 0.15) is 5.75 Å². The lowest BCUT2D eigenvalue weighted by molar-refractivity contribution is -0.118. The summed E-state index contributed by atoms with van der Waals surface area (Å²) < 4.78 is 5.71. The highest BCUT2D eigenvalue weighted by molar-refractivity contribution is 5.91. The number of anilines is 1. The molecule has 0 radical (unpaired) electrons. The van der Waals surface area contributed by atoms with Gasteiger partial charge in [-0.15, -0.1) is 0 Å². The summed E-state index contributed by atoms with van der Waals surface area (Å²) in [6.45, 7) is 4.77. The summed E-state index contributed by atoms with van der Waals surface area (Å²) in [6, 6.07) is 15.3. The lowest BCUT2D eigenvalue weighted by Crippen LogP contribution is -2.20. The number of nitrogens with one attached hydrogen (secondary N) is 1. The maximum Gasteiger partial charge on any atom is 0.262 e. The molecular formula is C19H24N2O2. The molecule has 2 aromatic carbocycles. The number of hydrogen-bond donors (Lipinski definition) is 2. The monoisotopic (exact) mass is 312 g/mol. The van der Waals surface area contributed by atoms with E-state index in [-0.39, 0.29) is 12.5 Å². The number of carbonyl (C=O) groups excluding carboxylic acids is 1. The average molecular weight is 312 g/mol. The topological polar surface area (TPSA) is 64.3 Å². The van der Waals surface area contributed by atoms with Crippen LogP contribution < -0.4 is 15.8 Å². The molecule has 1 unspecified atom stereocenters. The van der Waals surface area contributed by atoms with Crippen molar-refractivity contribution in [2.75, 3.05) is 11.9 Å². The minimum absolute atomic E-state index is 0.00785. The van der Waals surface area contributed by atoms with Gasteiger partial charge in [0.2, 0.25) is 0 Å². The number of nitrogens with two attached hydrogens (primary N) is 1. The maximum atomic E-state index is 12.0. The predicted molar refractivity (Wildman–Crippen MR) is 93.6 cm³/mol. The highest BCUT2D eigenvalue weighted by Crippen LogP contribution is 2.28. The molecule has 0 heterocycles. The Kier molecular flexibility index (Phi) is 6.18. The Bertz CT molecular complexity index is 638. The van der Waals surface area contributed by atoms with Crippen molar-refractivity contribution < 1.29 is 9.53 Å². The first-order valence-corrected chi connectivity index (χ1v) is 7.94. The van der Waals surface area contributed by atoms with E-state index in [1.54, 1.807) is 0 Å². The van der Waals surface area contributed by atoms with Crippen molar-refractivity contribution in [3.8, 4) is 5.75 Å². The van der Waals surface area contributed by atoms with Crippen molar-refractivity contribution >= 4 is 11.6 Å². The van der Waals surface area contributed by atoms with Gasteiger partial charge in [-0.1, -0.05) is 44.2 Å². The van der Waals surface area contributed by atoms with Crippen LogP contribution in [-0.2, 0) is 11.3 Å². The van der Waals surface area contributed by atoms with Crippen LogP contribution in [0.5, 0.6) is 5.75 Å². The Hall–Kier alpha value is -2.33. The molecule has 0 saturated heterocycles. The van der Waals surface area contributed by atoms with Crippen LogP contribution in [0, 0.1) is 0 Å². The average Bonchev–Trinajstić information content (AvgIpc) is 2.60. The zero-order chi connectivity index (χ0) is 16.7. The molecule has 0 aromatic heterocycles. The number of benzene rings is 2. The molecule has 1 amide bonds. The second kappa shape index (κ2) is 8.34. The Balaban J connectivity index is 1.94. The second-order valence-electron chi connectivity index (χ2n) is 5.59. The number of carbonyl (C=O) groups is 1. The van der Waals surface area contributed by atoms with Gasteiger partial charge in [0.05, 0.1) is 0 Å². The summed E-state index contributed by atoms with van der Waals surface area (Å²) in [5.74, 6) is 0.998. The number of ether oxygens (including phenoxy) is 1. The first-order chi connectivity index (χ1) is 11.1. The third kappa shape index (κ3) is 4.83. The molecule has 0 aliphatic rings. The molecule has 3 N–H and O–H groups in total. The fourth-order valence-corrected chi connectivity index (χ4v) is 2.30. The predicted octanol–water partition coefficient (Wildman–Crippen LogP) is 3.68. The molecule has 23 heavy (non-hydrogen) atoms. The van der Waals surface area contributed by atoms with Crippen LogP contribution in [0.3, 0.4) is 0 Å². The minimum atomic E-state index is -0.176. The van der Waals surface area contributed by atoms with Gasteiger partial charge in [-0.25, -0.2) is 0 Å². The second-order valence-corrected chi connectivity index (χ2v) is 5.59. The molecule has 0 fully saturated rings. The van der Waals surface area contributed by atoms with E-state index in [4.69, 9.17) is 10.5 Å². The van der Waals surface area contributed by atoms with Gasteiger partial charge in [-0.3, -0.25) is 4.79 Å². The number of hydrogen-bond acceptors (Lipinski definition) is 3. The summed E-state index contributed by atoms with van der Waals surface area (Å²) >= 11 is 0. The lowest BCUT2D eigenvalue weighted by Gasteiger charge is -2.15. The van der Waals surface area contributed by atoms with E-state index >= 15 is 0 Å². The van der Waals surface area contributed by atoms with Crippen molar-refractivity contribution in [1.82, 2.24) is 0 Å². The van der Waals surface area contributed by atoms with Crippen LogP contribution >= 0.6 is 0 Å². The molecule has 2 aromatic rings. The smallest absolute Gasteiger partial charge is 0.262 e. The third-order valence-electron chi connectivity index (χ3n) is 3.89. The Morgan fingerprint density at radius 3 is 2.52 bits per heavy atom. The normalized spacial score (nSPS) is 11.8. The molecule has 0 bridgehead atoms. The van der Waals surface area contributed by atoms with Crippen LogP contribution in [-0.4, -0.2) is 12.5 Å². The molecule has 4 nitrogen and oxygen atoms in total. The maximum absolute atomic E-state index is 12.0. The van der Waals surface area contributed by atoms with Crippen molar-refractivity contribution in [3.05, 3.63) is 59.7 Å². The molecule has 2 rings (SSSR count). The summed E-state index contributed by atoms with van der Waals surface area (Å²) in [5.41, 5.74) is 8.46. The fourth-order valence-electron chi connectivity index (χ4n) is 2.30. The fraction of sp³-hybridized carbons (Fsp3) is 0.316. The van der Waals surface area contributed by atoms with E-state index in [0.717, 1.165) is 29.0 Å². The first-order valence-electron chi connectivity index (χ1n) is 7.94. The molecule has 122 valence electrons. The number of rotatable bonds is 7. The molecule has 0 aliphatic heterocycles. The molecular weight excluding hydrogens is 288 g/mol. The molecule has 0 aliphatic carbocycles. The SMILES string of the molecule is CCC(C)c1ccccc1OCC(=O)Nc1ccc(CN)cc1. The van der Waals surface area contributed by atoms with E-state index in [0.29, 0.717) is 12.5 Å². The molecule has 4 heteroatoms.